The lowest BCUT2D eigenvalue weighted by Crippen LogP contribution is -2.16. The molecule has 76 valence electrons. The Balaban J connectivity index is 2.55. The number of benzene rings is 1. The first-order chi connectivity index (χ1) is 7.16. The third-order valence-corrected chi connectivity index (χ3v) is 2.43. The second-order valence-electron chi connectivity index (χ2n) is 3.39. The van der Waals surface area contributed by atoms with Gasteiger partial charge in [-0.2, -0.15) is 0 Å². The zero-order valence-electron chi connectivity index (χ0n) is 8.27. The molecule has 0 radical (unpaired) electrons. The van der Waals surface area contributed by atoms with Gasteiger partial charge in [0.15, 0.2) is 0 Å². The fraction of sp³-hybridized carbons (Fsp3) is 0.0833. The molecule has 0 atom stereocenters. The van der Waals surface area contributed by atoms with Crippen LogP contribution in [0.4, 0.5) is 0 Å². The lowest BCUT2D eigenvalue weighted by molar-refractivity contribution is 0.982. The zero-order chi connectivity index (χ0) is 10.8. The van der Waals surface area contributed by atoms with Crippen LogP contribution in [-0.2, 0) is 0 Å². The molecule has 0 spiro atoms. The molecule has 1 aromatic carbocycles. The lowest BCUT2D eigenvalue weighted by atomic mass is 10.2. The average Bonchev–Trinajstić information content (AvgIpc) is 2.20. The van der Waals surface area contributed by atoms with Crippen LogP contribution in [0, 0.1) is 6.92 Å². The quantitative estimate of drug-likeness (QED) is 0.723. The summed E-state index contributed by atoms with van der Waals surface area (Å²) in [5.41, 5.74) is 1.76. The van der Waals surface area contributed by atoms with Crippen LogP contribution in [0.15, 0.2) is 47.4 Å². The largest absolute Gasteiger partial charge is 0.284 e. The van der Waals surface area contributed by atoms with Crippen molar-refractivity contribution in [3.05, 3.63) is 63.5 Å². The number of rotatable bonds is 1. The Morgan fingerprint density at radius 2 is 1.80 bits per heavy atom. The molecule has 2 aromatic rings. The molecule has 0 saturated heterocycles. The summed E-state index contributed by atoms with van der Waals surface area (Å²) in [6, 6.07) is 10.7. The average molecular weight is 220 g/mol. The van der Waals surface area contributed by atoms with E-state index in [4.69, 9.17) is 11.6 Å². The van der Waals surface area contributed by atoms with E-state index in [9.17, 15) is 4.79 Å². The molecule has 1 aromatic heterocycles. The number of halogens is 1. The maximum atomic E-state index is 11.7. The van der Waals surface area contributed by atoms with E-state index in [0.29, 0.717) is 5.02 Å². The highest BCUT2D eigenvalue weighted by Gasteiger charge is 1.98. The van der Waals surface area contributed by atoms with Gasteiger partial charge in [-0.1, -0.05) is 11.6 Å². The summed E-state index contributed by atoms with van der Waals surface area (Å²) >= 11 is 5.78. The van der Waals surface area contributed by atoms with Crippen molar-refractivity contribution in [2.45, 2.75) is 6.92 Å². The van der Waals surface area contributed by atoms with Crippen molar-refractivity contribution >= 4 is 11.6 Å². The van der Waals surface area contributed by atoms with Gasteiger partial charge < -0.3 is 0 Å². The van der Waals surface area contributed by atoms with E-state index in [1.807, 2.05) is 25.1 Å². The third-order valence-electron chi connectivity index (χ3n) is 2.18. The monoisotopic (exact) mass is 219 g/mol. The van der Waals surface area contributed by atoms with Crippen molar-refractivity contribution in [1.29, 1.82) is 0 Å². The van der Waals surface area contributed by atoms with Crippen LogP contribution in [0.1, 0.15) is 5.56 Å². The minimum Gasteiger partial charge on any atom is -0.284 e. The molecule has 0 aliphatic carbocycles. The van der Waals surface area contributed by atoms with Gasteiger partial charge in [0.05, 0.1) is 0 Å². The Hall–Kier alpha value is -1.54. The maximum absolute atomic E-state index is 11.7. The minimum atomic E-state index is -0.0303. The Labute approximate surface area is 92.7 Å². The summed E-state index contributed by atoms with van der Waals surface area (Å²) in [6.45, 7) is 1.90. The molecule has 1 heterocycles. The molecule has 15 heavy (non-hydrogen) atoms. The van der Waals surface area contributed by atoms with E-state index in [2.05, 4.69) is 0 Å². The van der Waals surface area contributed by atoms with Gasteiger partial charge in [-0.15, -0.1) is 0 Å². The molecule has 0 unspecified atom stereocenters. The van der Waals surface area contributed by atoms with E-state index >= 15 is 0 Å². The van der Waals surface area contributed by atoms with Crippen molar-refractivity contribution in [3.8, 4) is 5.69 Å². The van der Waals surface area contributed by atoms with Gasteiger partial charge in [-0.05, 0) is 42.8 Å². The van der Waals surface area contributed by atoms with Gasteiger partial charge >= 0.3 is 0 Å². The predicted octanol–water partition coefficient (Wildman–Crippen LogP) is 2.80. The standard InChI is InChI=1S/C12H10ClNO/c1-9-6-7-14(12(15)8-9)11-4-2-10(13)3-5-11/h2-8H,1H3. The summed E-state index contributed by atoms with van der Waals surface area (Å²) in [6.07, 6.45) is 1.76. The van der Waals surface area contributed by atoms with Crippen molar-refractivity contribution in [1.82, 2.24) is 4.57 Å². The highest BCUT2D eigenvalue weighted by atomic mass is 35.5. The molecule has 0 N–H and O–H groups in total. The first kappa shape index (κ1) is 9.99. The van der Waals surface area contributed by atoms with E-state index in [-0.39, 0.29) is 5.56 Å². The number of hydrogen-bond donors (Lipinski definition) is 0. The summed E-state index contributed by atoms with van der Waals surface area (Å²) in [5, 5.41) is 0.666. The molecular formula is C12H10ClNO. The van der Waals surface area contributed by atoms with Gasteiger partial charge in [-0.3, -0.25) is 9.36 Å². The first-order valence-electron chi connectivity index (χ1n) is 4.62. The van der Waals surface area contributed by atoms with Crippen LogP contribution in [0.2, 0.25) is 5.02 Å². The van der Waals surface area contributed by atoms with Crippen molar-refractivity contribution in [2.75, 3.05) is 0 Å². The van der Waals surface area contributed by atoms with E-state index in [1.54, 1.807) is 29.0 Å². The number of nitrogens with zero attached hydrogens (tertiary/aromatic N) is 1. The van der Waals surface area contributed by atoms with E-state index in [0.717, 1.165) is 11.3 Å². The lowest BCUT2D eigenvalue weighted by Gasteiger charge is -2.05. The summed E-state index contributed by atoms with van der Waals surface area (Å²) in [7, 11) is 0. The highest BCUT2D eigenvalue weighted by Crippen LogP contribution is 2.11. The molecule has 0 amide bonds. The van der Waals surface area contributed by atoms with E-state index in [1.165, 1.54) is 0 Å². The Morgan fingerprint density at radius 1 is 1.13 bits per heavy atom. The molecule has 0 saturated carbocycles. The fourth-order valence-electron chi connectivity index (χ4n) is 1.39. The first-order valence-corrected chi connectivity index (χ1v) is 5.00. The van der Waals surface area contributed by atoms with Gasteiger partial charge in [0.1, 0.15) is 0 Å². The van der Waals surface area contributed by atoms with Crippen LogP contribution in [-0.4, -0.2) is 4.57 Å². The molecule has 0 bridgehead atoms. The minimum absolute atomic E-state index is 0.0303. The second-order valence-corrected chi connectivity index (χ2v) is 3.83. The molecule has 2 rings (SSSR count). The smallest absolute Gasteiger partial charge is 0.255 e. The molecule has 0 fully saturated rings. The fourth-order valence-corrected chi connectivity index (χ4v) is 1.52. The van der Waals surface area contributed by atoms with Crippen molar-refractivity contribution < 1.29 is 0 Å². The van der Waals surface area contributed by atoms with Crippen molar-refractivity contribution in [2.24, 2.45) is 0 Å². The maximum Gasteiger partial charge on any atom is 0.255 e. The van der Waals surface area contributed by atoms with Gasteiger partial charge in [0.2, 0.25) is 0 Å². The van der Waals surface area contributed by atoms with Crippen LogP contribution in [0.3, 0.4) is 0 Å². The number of hydrogen-bond acceptors (Lipinski definition) is 1. The topological polar surface area (TPSA) is 22.0 Å². The van der Waals surface area contributed by atoms with Crippen LogP contribution < -0.4 is 5.56 Å². The Morgan fingerprint density at radius 3 is 2.40 bits per heavy atom. The molecule has 0 aliphatic heterocycles. The normalized spacial score (nSPS) is 10.3. The van der Waals surface area contributed by atoms with Crippen LogP contribution in [0.5, 0.6) is 0 Å². The Bertz CT molecular complexity index is 528. The molecule has 2 nitrogen and oxygen atoms in total. The van der Waals surface area contributed by atoms with Gasteiger partial charge in [0, 0.05) is 23.0 Å². The number of pyridine rings is 1. The zero-order valence-corrected chi connectivity index (χ0v) is 9.03. The van der Waals surface area contributed by atoms with Gasteiger partial charge in [-0.25, -0.2) is 0 Å². The highest BCUT2D eigenvalue weighted by molar-refractivity contribution is 6.30. The van der Waals surface area contributed by atoms with Crippen LogP contribution >= 0.6 is 11.6 Å². The SMILES string of the molecule is Cc1ccn(-c2ccc(Cl)cc2)c(=O)c1. The van der Waals surface area contributed by atoms with Gasteiger partial charge in [0.25, 0.3) is 5.56 Å². The predicted molar refractivity (Wildman–Crippen MR) is 61.8 cm³/mol. The molecule has 0 aliphatic rings. The summed E-state index contributed by atoms with van der Waals surface area (Å²) in [4.78, 5) is 11.7. The third kappa shape index (κ3) is 2.10. The summed E-state index contributed by atoms with van der Waals surface area (Å²) in [5.74, 6) is 0. The van der Waals surface area contributed by atoms with Crippen LogP contribution in [0.25, 0.3) is 5.69 Å². The van der Waals surface area contributed by atoms with Crippen molar-refractivity contribution in [3.63, 3.8) is 0 Å². The van der Waals surface area contributed by atoms with E-state index < -0.39 is 0 Å². The number of aromatic nitrogens is 1. The second kappa shape index (κ2) is 3.91. The number of aryl methyl sites for hydroxylation is 1. The Kier molecular flexibility index (Phi) is 2.60. The molecule has 3 heteroatoms. The molecular weight excluding hydrogens is 210 g/mol. The summed E-state index contributed by atoms with van der Waals surface area (Å²) < 4.78 is 1.59.